The molecule has 0 radical (unpaired) electrons. The van der Waals surface area contributed by atoms with Gasteiger partial charge in [0, 0.05) is 25.2 Å². The third-order valence-electron chi connectivity index (χ3n) is 2.09. The van der Waals surface area contributed by atoms with Crippen molar-refractivity contribution in [2.75, 3.05) is 13.7 Å². The molecule has 0 aromatic heterocycles. The summed E-state index contributed by atoms with van der Waals surface area (Å²) >= 11 is 5.97. The molecule has 15 heavy (non-hydrogen) atoms. The minimum atomic E-state index is -0.570. The van der Waals surface area contributed by atoms with Gasteiger partial charge in [0.25, 0.3) is 0 Å². The second-order valence-electron chi connectivity index (χ2n) is 3.32. The summed E-state index contributed by atoms with van der Waals surface area (Å²) in [6.45, 7) is 0.539. The molecule has 4 heteroatoms. The lowest BCUT2D eigenvalue weighted by atomic mass is 10.1. The van der Waals surface area contributed by atoms with Gasteiger partial charge >= 0.3 is 0 Å². The summed E-state index contributed by atoms with van der Waals surface area (Å²) in [5.74, 6) is -1.11. The summed E-state index contributed by atoms with van der Waals surface area (Å²) in [7, 11) is 1.59. The fraction of sp³-hybridized carbons (Fsp3) is 0.455. The summed E-state index contributed by atoms with van der Waals surface area (Å²) in [4.78, 5) is 0. The van der Waals surface area contributed by atoms with Crippen molar-refractivity contribution in [3.05, 3.63) is 35.4 Å². The number of hydrogen-bond acceptors (Lipinski definition) is 1. The Bertz CT molecular complexity index is 317. The number of methoxy groups -OCH3 is 1. The van der Waals surface area contributed by atoms with Gasteiger partial charge in [0.05, 0.1) is 0 Å². The molecule has 0 aliphatic heterocycles. The van der Waals surface area contributed by atoms with Crippen LogP contribution in [-0.4, -0.2) is 19.1 Å². The van der Waals surface area contributed by atoms with Gasteiger partial charge in [0.1, 0.15) is 11.6 Å². The van der Waals surface area contributed by atoms with E-state index in [0.29, 0.717) is 25.0 Å². The monoisotopic (exact) mass is 234 g/mol. The summed E-state index contributed by atoms with van der Waals surface area (Å²) in [6.07, 6.45) is 1.03. The van der Waals surface area contributed by atoms with Crippen LogP contribution in [0.5, 0.6) is 0 Å². The first-order valence-electron chi connectivity index (χ1n) is 4.70. The fourth-order valence-corrected chi connectivity index (χ4v) is 1.53. The molecular formula is C11H13ClF2O. The maximum absolute atomic E-state index is 13.2. The highest BCUT2D eigenvalue weighted by atomic mass is 35.5. The zero-order valence-corrected chi connectivity index (χ0v) is 9.23. The third kappa shape index (κ3) is 4.14. The van der Waals surface area contributed by atoms with Crippen LogP contribution >= 0.6 is 11.6 Å². The van der Waals surface area contributed by atoms with E-state index in [-0.39, 0.29) is 5.38 Å². The lowest BCUT2D eigenvalue weighted by Gasteiger charge is -2.09. The van der Waals surface area contributed by atoms with Crippen LogP contribution < -0.4 is 0 Å². The smallest absolute Gasteiger partial charge is 0.129 e. The molecule has 0 heterocycles. The molecule has 1 aromatic carbocycles. The normalized spacial score (nSPS) is 12.8. The molecule has 1 unspecified atom stereocenters. The molecule has 0 fully saturated rings. The van der Waals surface area contributed by atoms with Crippen LogP contribution in [0.15, 0.2) is 18.2 Å². The zero-order chi connectivity index (χ0) is 11.3. The number of halogens is 3. The summed E-state index contributed by atoms with van der Waals surface area (Å²) in [5, 5.41) is -0.190. The molecule has 84 valence electrons. The van der Waals surface area contributed by atoms with Crippen LogP contribution in [0, 0.1) is 11.6 Å². The van der Waals surface area contributed by atoms with Gasteiger partial charge in [-0.1, -0.05) is 6.07 Å². The van der Waals surface area contributed by atoms with E-state index in [4.69, 9.17) is 16.3 Å². The molecule has 0 saturated carbocycles. The molecule has 1 aromatic rings. The van der Waals surface area contributed by atoms with Crippen LogP contribution in [0.25, 0.3) is 0 Å². The largest absolute Gasteiger partial charge is 0.385 e. The van der Waals surface area contributed by atoms with Gasteiger partial charge in [0.2, 0.25) is 0 Å². The Balaban J connectivity index is 2.56. The Hall–Kier alpha value is -0.670. The Labute approximate surface area is 93.0 Å². The van der Waals surface area contributed by atoms with E-state index in [9.17, 15) is 8.78 Å². The quantitative estimate of drug-likeness (QED) is 0.712. The van der Waals surface area contributed by atoms with Crippen molar-refractivity contribution in [2.45, 2.75) is 18.2 Å². The van der Waals surface area contributed by atoms with Crippen LogP contribution in [0.3, 0.4) is 0 Å². The number of rotatable bonds is 5. The molecule has 0 spiro atoms. The van der Waals surface area contributed by atoms with E-state index in [2.05, 4.69) is 0 Å². The number of benzene rings is 1. The van der Waals surface area contributed by atoms with E-state index < -0.39 is 11.6 Å². The number of alkyl halides is 1. The molecule has 1 atom stereocenters. The Morgan fingerprint density at radius 3 is 2.73 bits per heavy atom. The second kappa shape index (κ2) is 6.03. The van der Waals surface area contributed by atoms with Crippen molar-refractivity contribution in [2.24, 2.45) is 0 Å². The highest BCUT2D eigenvalue weighted by Gasteiger charge is 2.10. The average Bonchev–Trinajstić information content (AvgIpc) is 2.19. The Morgan fingerprint density at radius 1 is 1.40 bits per heavy atom. The van der Waals surface area contributed by atoms with E-state index in [1.54, 1.807) is 7.11 Å². The van der Waals surface area contributed by atoms with Crippen LogP contribution in [0.2, 0.25) is 0 Å². The molecular weight excluding hydrogens is 222 g/mol. The molecule has 0 amide bonds. The average molecular weight is 235 g/mol. The minimum Gasteiger partial charge on any atom is -0.385 e. The van der Waals surface area contributed by atoms with Gasteiger partial charge in [-0.3, -0.25) is 0 Å². The standard InChI is InChI=1S/C11H13ClF2O/c1-15-5-4-9(12)6-8-2-3-10(13)7-11(8)14/h2-3,7,9H,4-6H2,1H3. The Morgan fingerprint density at radius 2 is 2.13 bits per heavy atom. The van der Waals surface area contributed by atoms with E-state index in [1.807, 2.05) is 0 Å². The molecule has 0 N–H and O–H groups in total. The van der Waals surface area contributed by atoms with Crippen molar-refractivity contribution < 1.29 is 13.5 Å². The van der Waals surface area contributed by atoms with Crippen molar-refractivity contribution >= 4 is 11.6 Å². The molecule has 0 saturated heterocycles. The van der Waals surface area contributed by atoms with Crippen LogP contribution in [-0.2, 0) is 11.2 Å². The molecule has 0 bridgehead atoms. The molecule has 1 nitrogen and oxygen atoms in total. The first kappa shape index (κ1) is 12.4. The number of ether oxygens (including phenoxy) is 1. The molecule has 1 rings (SSSR count). The van der Waals surface area contributed by atoms with E-state index in [1.165, 1.54) is 12.1 Å². The van der Waals surface area contributed by atoms with Gasteiger partial charge in [-0.05, 0) is 24.5 Å². The number of hydrogen-bond donors (Lipinski definition) is 0. The first-order chi connectivity index (χ1) is 7.13. The van der Waals surface area contributed by atoms with Gasteiger partial charge in [-0.15, -0.1) is 11.6 Å². The van der Waals surface area contributed by atoms with Crippen molar-refractivity contribution in [1.29, 1.82) is 0 Å². The first-order valence-corrected chi connectivity index (χ1v) is 5.14. The van der Waals surface area contributed by atoms with Crippen LogP contribution in [0.4, 0.5) is 8.78 Å². The lowest BCUT2D eigenvalue weighted by Crippen LogP contribution is -2.08. The maximum Gasteiger partial charge on any atom is 0.129 e. The van der Waals surface area contributed by atoms with E-state index in [0.717, 1.165) is 6.07 Å². The summed E-state index contributed by atoms with van der Waals surface area (Å²) in [6, 6.07) is 3.53. The van der Waals surface area contributed by atoms with E-state index >= 15 is 0 Å². The minimum absolute atomic E-state index is 0.190. The fourth-order valence-electron chi connectivity index (χ4n) is 1.27. The lowest BCUT2D eigenvalue weighted by molar-refractivity contribution is 0.193. The highest BCUT2D eigenvalue weighted by molar-refractivity contribution is 6.20. The summed E-state index contributed by atoms with van der Waals surface area (Å²) < 4.78 is 30.7. The van der Waals surface area contributed by atoms with Crippen LogP contribution in [0.1, 0.15) is 12.0 Å². The predicted octanol–water partition coefficient (Wildman–Crippen LogP) is 3.15. The zero-order valence-electron chi connectivity index (χ0n) is 8.47. The predicted molar refractivity (Wildman–Crippen MR) is 56.2 cm³/mol. The van der Waals surface area contributed by atoms with Gasteiger partial charge in [0.15, 0.2) is 0 Å². The van der Waals surface area contributed by atoms with Gasteiger partial charge in [-0.2, -0.15) is 0 Å². The van der Waals surface area contributed by atoms with Crippen molar-refractivity contribution in [3.8, 4) is 0 Å². The SMILES string of the molecule is COCCC(Cl)Cc1ccc(F)cc1F. The van der Waals surface area contributed by atoms with Gasteiger partial charge in [-0.25, -0.2) is 8.78 Å². The van der Waals surface area contributed by atoms with Crippen molar-refractivity contribution in [1.82, 2.24) is 0 Å². The Kier molecular flexibility index (Phi) is 4.99. The summed E-state index contributed by atoms with van der Waals surface area (Å²) in [5.41, 5.74) is 0.438. The molecule has 0 aliphatic rings. The van der Waals surface area contributed by atoms with Crippen molar-refractivity contribution in [3.63, 3.8) is 0 Å². The maximum atomic E-state index is 13.2. The third-order valence-corrected chi connectivity index (χ3v) is 2.46. The highest BCUT2D eigenvalue weighted by Crippen LogP contribution is 2.15. The topological polar surface area (TPSA) is 9.23 Å². The van der Waals surface area contributed by atoms with Gasteiger partial charge < -0.3 is 4.74 Å². The second-order valence-corrected chi connectivity index (χ2v) is 3.94. The molecule has 0 aliphatic carbocycles.